The van der Waals surface area contributed by atoms with Gasteiger partial charge in [0.25, 0.3) is 0 Å². The van der Waals surface area contributed by atoms with Gasteiger partial charge in [-0.1, -0.05) is 103 Å². The molecule has 23 heavy (non-hydrogen) atoms. The lowest BCUT2D eigenvalue weighted by Gasteiger charge is -2.00. The van der Waals surface area contributed by atoms with Crippen LogP contribution in [0.5, 0.6) is 0 Å². The summed E-state index contributed by atoms with van der Waals surface area (Å²) in [6, 6.07) is 32.4. The lowest BCUT2D eigenvalue weighted by molar-refractivity contribution is 1.01. The van der Waals surface area contributed by atoms with Gasteiger partial charge in [0.1, 0.15) is 0 Å². The highest BCUT2D eigenvalue weighted by molar-refractivity contribution is 5.53. The van der Waals surface area contributed by atoms with Gasteiger partial charge in [-0.2, -0.15) is 0 Å². The molecule has 0 bridgehead atoms. The third kappa shape index (κ3) is 2.98. The quantitative estimate of drug-likeness (QED) is 0.562. The normalized spacial score (nSPS) is 23.0. The minimum absolute atomic E-state index is 0.583. The Kier molecular flexibility index (Phi) is 3.81. The molecule has 0 saturated heterocycles. The van der Waals surface area contributed by atoms with Crippen LogP contribution in [0.4, 0.5) is 0 Å². The van der Waals surface area contributed by atoms with Crippen molar-refractivity contribution in [3.63, 3.8) is 0 Å². The fourth-order valence-corrected chi connectivity index (χ4v) is 3.57. The second-order valence-electron chi connectivity index (χ2n) is 6.22. The molecule has 0 amide bonds. The predicted octanol–water partition coefficient (Wildman–Crippen LogP) is 5.90. The molecule has 0 heterocycles. The maximum absolute atomic E-state index is 2.39. The maximum atomic E-state index is 2.39. The predicted molar refractivity (Wildman–Crippen MR) is 97.3 cm³/mol. The minimum Gasteiger partial charge on any atom is -0.0796 e. The monoisotopic (exact) mass is 296 g/mol. The summed E-state index contributed by atoms with van der Waals surface area (Å²) in [6.45, 7) is 0. The lowest BCUT2D eigenvalue weighted by Crippen LogP contribution is -1.82. The summed E-state index contributed by atoms with van der Waals surface area (Å²) in [6.07, 6.45) is 4.66. The molecule has 112 valence electrons. The Morgan fingerprint density at radius 2 is 0.957 bits per heavy atom. The molecule has 0 spiro atoms. The van der Waals surface area contributed by atoms with Gasteiger partial charge in [-0.05, 0) is 34.4 Å². The molecule has 0 aromatic heterocycles. The Bertz CT molecular complexity index is 727. The van der Waals surface area contributed by atoms with Crippen molar-refractivity contribution < 1.29 is 0 Å². The molecule has 1 saturated carbocycles. The minimum atomic E-state index is 0.583. The number of hydrogen-bond donors (Lipinski definition) is 0. The first-order chi connectivity index (χ1) is 11.4. The van der Waals surface area contributed by atoms with Gasteiger partial charge in [0.05, 0.1) is 0 Å². The van der Waals surface area contributed by atoms with Gasteiger partial charge in [-0.25, -0.2) is 0 Å². The zero-order chi connectivity index (χ0) is 15.5. The van der Waals surface area contributed by atoms with Crippen molar-refractivity contribution in [2.24, 2.45) is 5.92 Å². The number of hydrogen-bond acceptors (Lipinski definition) is 0. The SMILES string of the molecule is C(=C\C1[C@@H](c2ccccc2)[C@@H]1c1ccccc1)/c1ccccc1. The van der Waals surface area contributed by atoms with E-state index < -0.39 is 0 Å². The van der Waals surface area contributed by atoms with Gasteiger partial charge in [0.2, 0.25) is 0 Å². The van der Waals surface area contributed by atoms with Gasteiger partial charge < -0.3 is 0 Å². The standard InChI is InChI=1S/C23H20/c1-4-10-18(11-5-1)16-17-21-22(19-12-6-2-7-13-19)23(21)20-14-8-3-9-15-20/h1-17,21-23H/b17-16+/t22-,23-/m1/s1. The molecule has 0 N–H and O–H groups in total. The second-order valence-corrected chi connectivity index (χ2v) is 6.22. The van der Waals surface area contributed by atoms with Gasteiger partial charge in [-0.3, -0.25) is 0 Å². The molecule has 0 radical (unpaired) electrons. The summed E-state index contributed by atoms with van der Waals surface area (Å²) in [7, 11) is 0. The molecule has 4 rings (SSSR count). The molecule has 2 atom stereocenters. The van der Waals surface area contributed by atoms with Crippen LogP contribution in [0.15, 0.2) is 97.1 Å². The zero-order valence-electron chi connectivity index (χ0n) is 13.0. The molecule has 0 aliphatic heterocycles. The van der Waals surface area contributed by atoms with Crippen molar-refractivity contribution in [3.8, 4) is 0 Å². The average Bonchev–Trinajstić information content (AvgIpc) is 3.37. The number of rotatable bonds is 4. The van der Waals surface area contributed by atoms with Gasteiger partial charge in [0, 0.05) is 0 Å². The highest BCUT2D eigenvalue weighted by Crippen LogP contribution is 2.61. The van der Waals surface area contributed by atoms with Crippen LogP contribution < -0.4 is 0 Å². The van der Waals surface area contributed by atoms with E-state index in [1.165, 1.54) is 16.7 Å². The summed E-state index contributed by atoms with van der Waals surface area (Å²) >= 11 is 0. The van der Waals surface area contributed by atoms with E-state index in [0.29, 0.717) is 17.8 Å². The van der Waals surface area contributed by atoms with Crippen LogP contribution in [-0.4, -0.2) is 0 Å². The van der Waals surface area contributed by atoms with E-state index in [2.05, 4.69) is 103 Å². The summed E-state index contributed by atoms with van der Waals surface area (Å²) in [5.41, 5.74) is 4.17. The molecule has 3 aromatic rings. The van der Waals surface area contributed by atoms with E-state index in [9.17, 15) is 0 Å². The molecular weight excluding hydrogens is 276 g/mol. The van der Waals surface area contributed by atoms with E-state index >= 15 is 0 Å². The summed E-state index contributed by atoms with van der Waals surface area (Å²) < 4.78 is 0. The van der Waals surface area contributed by atoms with E-state index in [1.54, 1.807) is 0 Å². The van der Waals surface area contributed by atoms with Crippen LogP contribution in [0.25, 0.3) is 6.08 Å². The molecule has 0 unspecified atom stereocenters. The van der Waals surface area contributed by atoms with Crippen LogP contribution in [0.1, 0.15) is 28.5 Å². The largest absolute Gasteiger partial charge is 0.0796 e. The topological polar surface area (TPSA) is 0 Å². The fourth-order valence-electron chi connectivity index (χ4n) is 3.57. The smallest absolute Gasteiger partial charge is 0.00181 e. The molecule has 0 nitrogen and oxygen atoms in total. The number of benzene rings is 3. The molecule has 1 fully saturated rings. The Hall–Kier alpha value is -2.60. The molecular formula is C23H20. The number of allylic oxidation sites excluding steroid dienone is 1. The fraction of sp³-hybridized carbons (Fsp3) is 0.130. The first-order valence-electron chi connectivity index (χ1n) is 8.26. The summed E-state index contributed by atoms with van der Waals surface area (Å²) in [5.74, 6) is 1.78. The summed E-state index contributed by atoms with van der Waals surface area (Å²) in [4.78, 5) is 0. The first-order valence-corrected chi connectivity index (χ1v) is 8.26. The second kappa shape index (κ2) is 6.26. The van der Waals surface area contributed by atoms with Gasteiger partial charge in [-0.15, -0.1) is 0 Å². The Morgan fingerprint density at radius 3 is 1.43 bits per heavy atom. The van der Waals surface area contributed by atoms with Crippen LogP contribution in [0, 0.1) is 5.92 Å². The van der Waals surface area contributed by atoms with E-state index in [4.69, 9.17) is 0 Å². The average molecular weight is 296 g/mol. The van der Waals surface area contributed by atoms with Crippen molar-refractivity contribution >= 4 is 6.08 Å². The van der Waals surface area contributed by atoms with Crippen molar-refractivity contribution in [1.82, 2.24) is 0 Å². The van der Waals surface area contributed by atoms with Crippen molar-refractivity contribution in [2.45, 2.75) is 11.8 Å². The Labute approximate surface area is 138 Å². The van der Waals surface area contributed by atoms with E-state index in [0.717, 1.165) is 0 Å². The molecule has 1 aliphatic carbocycles. The Balaban J connectivity index is 1.62. The molecule has 3 aromatic carbocycles. The molecule has 1 aliphatic rings. The van der Waals surface area contributed by atoms with Crippen LogP contribution in [0.3, 0.4) is 0 Å². The van der Waals surface area contributed by atoms with Crippen molar-refractivity contribution in [2.75, 3.05) is 0 Å². The van der Waals surface area contributed by atoms with Crippen LogP contribution in [-0.2, 0) is 0 Å². The Morgan fingerprint density at radius 1 is 0.522 bits per heavy atom. The van der Waals surface area contributed by atoms with E-state index in [1.807, 2.05) is 0 Å². The highest BCUT2D eigenvalue weighted by atomic mass is 14.5. The maximum Gasteiger partial charge on any atom is -0.00181 e. The van der Waals surface area contributed by atoms with Crippen molar-refractivity contribution in [1.29, 1.82) is 0 Å². The van der Waals surface area contributed by atoms with Crippen LogP contribution >= 0.6 is 0 Å². The third-order valence-electron chi connectivity index (χ3n) is 4.75. The van der Waals surface area contributed by atoms with Gasteiger partial charge in [0.15, 0.2) is 0 Å². The first kappa shape index (κ1) is 14.0. The molecule has 0 heteroatoms. The zero-order valence-corrected chi connectivity index (χ0v) is 13.0. The lowest BCUT2D eigenvalue weighted by atomic mass is 10.0. The van der Waals surface area contributed by atoms with E-state index in [-0.39, 0.29) is 0 Å². The van der Waals surface area contributed by atoms with Gasteiger partial charge >= 0.3 is 0 Å². The van der Waals surface area contributed by atoms with Crippen molar-refractivity contribution in [3.05, 3.63) is 114 Å². The summed E-state index contributed by atoms with van der Waals surface area (Å²) in [5, 5.41) is 0. The third-order valence-corrected chi connectivity index (χ3v) is 4.75. The van der Waals surface area contributed by atoms with Crippen LogP contribution in [0.2, 0.25) is 0 Å². The highest BCUT2D eigenvalue weighted by Gasteiger charge is 2.49.